The monoisotopic (exact) mass is 273 g/mol. The fraction of sp³-hybridized carbons (Fsp3) is 0.333. The number of amides is 1. The van der Waals surface area contributed by atoms with Gasteiger partial charge in [0.05, 0.1) is 6.61 Å². The molecule has 0 saturated heterocycles. The van der Waals surface area contributed by atoms with Gasteiger partial charge in [-0.1, -0.05) is 30.3 Å². The fourth-order valence-electron chi connectivity index (χ4n) is 1.75. The Morgan fingerprint density at radius 1 is 1.40 bits per heavy atom. The van der Waals surface area contributed by atoms with Gasteiger partial charge in [-0.05, 0) is 12.5 Å². The number of imidazole rings is 1. The zero-order valence-corrected chi connectivity index (χ0v) is 11.5. The number of aromatic amines is 1. The van der Waals surface area contributed by atoms with E-state index in [4.69, 9.17) is 4.74 Å². The van der Waals surface area contributed by atoms with Gasteiger partial charge in [-0.15, -0.1) is 0 Å². The van der Waals surface area contributed by atoms with Crippen LogP contribution in [0.25, 0.3) is 0 Å². The minimum absolute atomic E-state index is 0.104. The van der Waals surface area contributed by atoms with Crippen molar-refractivity contribution in [1.29, 1.82) is 0 Å². The molecule has 1 unspecified atom stereocenters. The SMILES string of the molecule is CC(OCc1ccccc1)C(=O)NCCc1ncc[nH]1. The Balaban J connectivity index is 1.66. The zero-order chi connectivity index (χ0) is 14.2. The van der Waals surface area contributed by atoms with Gasteiger partial charge in [0.1, 0.15) is 11.9 Å². The van der Waals surface area contributed by atoms with Gasteiger partial charge in [0.15, 0.2) is 0 Å². The molecule has 1 amide bonds. The molecule has 0 saturated carbocycles. The van der Waals surface area contributed by atoms with Crippen LogP contribution < -0.4 is 5.32 Å². The van der Waals surface area contributed by atoms with Crippen molar-refractivity contribution in [3.63, 3.8) is 0 Å². The lowest BCUT2D eigenvalue weighted by atomic mass is 10.2. The standard InChI is InChI=1S/C15H19N3O2/c1-12(20-11-13-5-3-2-4-6-13)15(19)18-8-7-14-16-9-10-17-14/h2-6,9-10,12H,7-8,11H2,1H3,(H,16,17)(H,18,19). The summed E-state index contributed by atoms with van der Waals surface area (Å²) in [4.78, 5) is 18.9. The minimum Gasteiger partial charge on any atom is -0.364 e. The number of carbonyl (C=O) groups is 1. The minimum atomic E-state index is -0.466. The van der Waals surface area contributed by atoms with Crippen molar-refractivity contribution >= 4 is 5.91 Å². The molecule has 0 aliphatic heterocycles. The third-order valence-corrected chi connectivity index (χ3v) is 2.93. The summed E-state index contributed by atoms with van der Waals surface area (Å²) in [5.41, 5.74) is 1.06. The summed E-state index contributed by atoms with van der Waals surface area (Å²) in [6.45, 7) is 2.74. The van der Waals surface area contributed by atoms with Crippen molar-refractivity contribution in [3.05, 3.63) is 54.1 Å². The molecule has 0 fully saturated rings. The summed E-state index contributed by atoms with van der Waals surface area (Å²) in [6, 6.07) is 9.80. The van der Waals surface area contributed by atoms with E-state index in [9.17, 15) is 4.79 Å². The molecule has 20 heavy (non-hydrogen) atoms. The van der Waals surface area contributed by atoms with Gasteiger partial charge in [-0.3, -0.25) is 4.79 Å². The van der Waals surface area contributed by atoms with E-state index in [2.05, 4.69) is 15.3 Å². The van der Waals surface area contributed by atoms with Gasteiger partial charge in [0.2, 0.25) is 5.91 Å². The molecular formula is C15H19N3O2. The average molecular weight is 273 g/mol. The molecule has 2 aromatic rings. The number of ether oxygens (including phenoxy) is 1. The number of aromatic nitrogens is 2. The van der Waals surface area contributed by atoms with Gasteiger partial charge < -0.3 is 15.0 Å². The first-order valence-electron chi connectivity index (χ1n) is 6.67. The molecule has 5 heteroatoms. The quantitative estimate of drug-likeness (QED) is 0.806. The van der Waals surface area contributed by atoms with Gasteiger partial charge in [0, 0.05) is 25.4 Å². The number of nitrogens with zero attached hydrogens (tertiary/aromatic N) is 1. The highest BCUT2D eigenvalue weighted by Crippen LogP contribution is 2.03. The Morgan fingerprint density at radius 3 is 2.90 bits per heavy atom. The van der Waals surface area contributed by atoms with Crippen LogP contribution in [0.5, 0.6) is 0 Å². The predicted octanol–water partition coefficient (Wildman–Crippen LogP) is 1.67. The number of carbonyl (C=O) groups excluding carboxylic acids is 1. The van der Waals surface area contributed by atoms with Crippen molar-refractivity contribution in [2.45, 2.75) is 26.1 Å². The number of rotatable bonds is 7. The van der Waals surface area contributed by atoms with E-state index < -0.39 is 6.10 Å². The maximum atomic E-state index is 11.8. The molecule has 0 spiro atoms. The summed E-state index contributed by atoms with van der Waals surface area (Å²) in [6.07, 6.45) is 3.68. The Labute approximate surface area is 118 Å². The largest absolute Gasteiger partial charge is 0.364 e. The van der Waals surface area contributed by atoms with Crippen LogP contribution in [0.15, 0.2) is 42.7 Å². The van der Waals surface area contributed by atoms with Crippen LogP contribution in [0.2, 0.25) is 0 Å². The number of H-pyrrole nitrogens is 1. The molecular weight excluding hydrogens is 254 g/mol. The van der Waals surface area contributed by atoms with Crippen LogP contribution in [-0.2, 0) is 22.6 Å². The van der Waals surface area contributed by atoms with E-state index >= 15 is 0 Å². The molecule has 1 heterocycles. The summed E-state index contributed by atoms with van der Waals surface area (Å²) in [7, 11) is 0. The number of hydrogen-bond acceptors (Lipinski definition) is 3. The first-order chi connectivity index (χ1) is 9.75. The van der Waals surface area contributed by atoms with Crippen LogP contribution in [0.1, 0.15) is 18.3 Å². The van der Waals surface area contributed by atoms with E-state index in [0.717, 1.165) is 11.4 Å². The maximum Gasteiger partial charge on any atom is 0.248 e. The summed E-state index contributed by atoms with van der Waals surface area (Å²) < 4.78 is 5.54. The van der Waals surface area contributed by atoms with Gasteiger partial charge in [-0.2, -0.15) is 0 Å². The van der Waals surface area contributed by atoms with Gasteiger partial charge >= 0.3 is 0 Å². The van der Waals surface area contributed by atoms with Crippen molar-refractivity contribution in [2.75, 3.05) is 6.54 Å². The van der Waals surface area contributed by atoms with Crippen LogP contribution in [0.3, 0.4) is 0 Å². The van der Waals surface area contributed by atoms with Crippen molar-refractivity contribution in [1.82, 2.24) is 15.3 Å². The number of hydrogen-bond donors (Lipinski definition) is 2. The fourth-order valence-corrected chi connectivity index (χ4v) is 1.75. The number of nitrogens with one attached hydrogen (secondary N) is 2. The van der Waals surface area contributed by atoms with E-state index in [1.54, 1.807) is 19.3 Å². The Hall–Kier alpha value is -2.14. The third kappa shape index (κ3) is 4.51. The second-order valence-electron chi connectivity index (χ2n) is 4.52. The van der Waals surface area contributed by atoms with Crippen LogP contribution in [0, 0.1) is 0 Å². The van der Waals surface area contributed by atoms with Crippen molar-refractivity contribution < 1.29 is 9.53 Å². The number of benzene rings is 1. The molecule has 0 aliphatic carbocycles. The van der Waals surface area contributed by atoms with Gasteiger partial charge in [0.25, 0.3) is 0 Å². The van der Waals surface area contributed by atoms with Crippen molar-refractivity contribution in [2.24, 2.45) is 0 Å². The topological polar surface area (TPSA) is 67.0 Å². The normalized spacial score (nSPS) is 12.1. The zero-order valence-electron chi connectivity index (χ0n) is 11.5. The van der Waals surface area contributed by atoms with Crippen molar-refractivity contribution in [3.8, 4) is 0 Å². The lowest BCUT2D eigenvalue weighted by Crippen LogP contribution is -2.35. The first-order valence-corrected chi connectivity index (χ1v) is 6.67. The molecule has 1 aromatic heterocycles. The van der Waals surface area contributed by atoms with E-state index in [1.807, 2.05) is 30.3 Å². The summed E-state index contributed by atoms with van der Waals surface area (Å²) in [5, 5.41) is 2.83. The lowest BCUT2D eigenvalue weighted by Gasteiger charge is -2.13. The molecule has 0 aliphatic rings. The Morgan fingerprint density at radius 2 is 2.20 bits per heavy atom. The molecule has 1 aromatic carbocycles. The smallest absolute Gasteiger partial charge is 0.248 e. The molecule has 1 atom stereocenters. The van der Waals surface area contributed by atoms with E-state index in [0.29, 0.717) is 19.6 Å². The molecule has 0 bridgehead atoms. The van der Waals surface area contributed by atoms with E-state index in [1.165, 1.54) is 0 Å². The molecule has 106 valence electrons. The molecule has 0 radical (unpaired) electrons. The third-order valence-electron chi connectivity index (χ3n) is 2.93. The Bertz CT molecular complexity index is 511. The highest BCUT2D eigenvalue weighted by molar-refractivity contribution is 5.80. The lowest BCUT2D eigenvalue weighted by molar-refractivity contribution is -0.132. The highest BCUT2D eigenvalue weighted by atomic mass is 16.5. The first kappa shape index (κ1) is 14.3. The van der Waals surface area contributed by atoms with Crippen LogP contribution in [0.4, 0.5) is 0 Å². The van der Waals surface area contributed by atoms with Crippen LogP contribution >= 0.6 is 0 Å². The average Bonchev–Trinajstić information content (AvgIpc) is 2.99. The van der Waals surface area contributed by atoms with Gasteiger partial charge in [-0.25, -0.2) is 4.98 Å². The predicted molar refractivity (Wildman–Crippen MR) is 76.0 cm³/mol. The second-order valence-corrected chi connectivity index (χ2v) is 4.52. The van der Waals surface area contributed by atoms with E-state index in [-0.39, 0.29) is 5.91 Å². The Kier molecular flexibility index (Phi) is 5.32. The summed E-state index contributed by atoms with van der Waals surface area (Å²) in [5.74, 6) is 0.760. The maximum absolute atomic E-state index is 11.8. The molecule has 2 N–H and O–H groups in total. The summed E-state index contributed by atoms with van der Waals surface area (Å²) >= 11 is 0. The van der Waals surface area contributed by atoms with Crippen LogP contribution in [-0.4, -0.2) is 28.5 Å². The molecule has 2 rings (SSSR count). The molecule has 5 nitrogen and oxygen atoms in total. The highest BCUT2D eigenvalue weighted by Gasteiger charge is 2.12. The second kappa shape index (κ2) is 7.45.